The molecular weight excluding hydrogens is 282 g/mol. The van der Waals surface area contributed by atoms with Gasteiger partial charge in [-0.15, -0.1) is 0 Å². The van der Waals surface area contributed by atoms with Crippen LogP contribution < -0.4 is 5.11 Å². The van der Waals surface area contributed by atoms with Gasteiger partial charge in [-0.3, -0.25) is 14.5 Å². The molecule has 0 fully saturated rings. The van der Waals surface area contributed by atoms with Crippen molar-refractivity contribution in [2.75, 3.05) is 0 Å². The molecule has 2 amide bonds. The molecule has 0 unspecified atom stereocenters. The Labute approximate surface area is 126 Å². The Morgan fingerprint density at radius 2 is 1.41 bits per heavy atom. The van der Waals surface area contributed by atoms with Crippen LogP contribution in [0.4, 0.5) is 0 Å². The third-order valence-corrected chi connectivity index (χ3v) is 3.68. The molecule has 5 nitrogen and oxygen atoms in total. The highest BCUT2D eigenvalue weighted by atomic mass is 16.4. The van der Waals surface area contributed by atoms with E-state index in [1.54, 1.807) is 42.5 Å². The number of amides is 2. The Hall–Kier alpha value is -2.95. The van der Waals surface area contributed by atoms with E-state index in [0.717, 1.165) is 4.90 Å². The van der Waals surface area contributed by atoms with Gasteiger partial charge < -0.3 is 9.90 Å². The predicted octanol–water partition coefficient (Wildman–Crippen LogP) is 0.644. The van der Waals surface area contributed by atoms with Gasteiger partial charge in [-0.25, -0.2) is 0 Å². The summed E-state index contributed by atoms with van der Waals surface area (Å²) < 4.78 is 0. The second-order valence-corrected chi connectivity index (χ2v) is 5.05. The molecule has 0 N–H and O–H groups in total. The van der Waals surface area contributed by atoms with Crippen LogP contribution in [0.2, 0.25) is 0 Å². The minimum atomic E-state index is -1.45. The summed E-state index contributed by atoms with van der Waals surface area (Å²) in [5.41, 5.74) is 1.17. The Kier molecular flexibility index (Phi) is 3.47. The molecule has 2 aromatic rings. The number of carbonyl (C=O) groups excluding carboxylic acids is 3. The van der Waals surface area contributed by atoms with Crippen LogP contribution in [0.3, 0.4) is 0 Å². The number of aliphatic carboxylic acids is 1. The van der Waals surface area contributed by atoms with Gasteiger partial charge in [-0.2, -0.15) is 0 Å². The zero-order valence-corrected chi connectivity index (χ0v) is 11.6. The molecule has 0 saturated heterocycles. The second-order valence-electron chi connectivity index (χ2n) is 5.05. The average molecular weight is 294 g/mol. The first-order valence-electron chi connectivity index (χ1n) is 6.81. The minimum absolute atomic E-state index is 0.0225. The molecule has 1 atom stereocenters. The van der Waals surface area contributed by atoms with Crippen LogP contribution in [0, 0.1) is 0 Å². The molecular formula is C17H12NO4-. The monoisotopic (exact) mass is 294 g/mol. The molecule has 22 heavy (non-hydrogen) atoms. The van der Waals surface area contributed by atoms with E-state index in [-0.39, 0.29) is 17.5 Å². The molecule has 0 spiro atoms. The van der Waals surface area contributed by atoms with Crippen LogP contribution in [0.1, 0.15) is 26.3 Å². The largest absolute Gasteiger partial charge is 0.548 e. The number of rotatable bonds is 4. The Morgan fingerprint density at radius 3 is 1.91 bits per heavy atom. The highest BCUT2D eigenvalue weighted by molar-refractivity contribution is 6.22. The van der Waals surface area contributed by atoms with Crippen molar-refractivity contribution in [3.63, 3.8) is 0 Å². The number of imide groups is 1. The molecule has 0 radical (unpaired) electrons. The first kappa shape index (κ1) is 14.0. The third kappa shape index (κ3) is 2.26. The lowest BCUT2D eigenvalue weighted by molar-refractivity contribution is -0.310. The van der Waals surface area contributed by atoms with Gasteiger partial charge >= 0.3 is 0 Å². The summed E-state index contributed by atoms with van der Waals surface area (Å²) in [7, 11) is 0. The number of carbonyl (C=O) groups is 3. The van der Waals surface area contributed by atoms with Gasteiger partial charge in [0, 0.05) is 0 Å². The number of hydrogen-bond acceptors (Lipinski definition) is 4. The fraction of sp³-hybridized carbons (Fsp3) is 0.118. The number of carboxylic acids is 1. The van der Waals surface area contributed by atoms with Gasteiger partial charge in [0.15, 0.2) is 0 Å². The van der Waals surface area contributed by atoms with Crippen molar-refractivity contribution in [1.29, 1.82) is 0 Å². The molecule has 5 heteroatoms. The van der Waals surface area contributed by atoms with Gasteiger partial charge in [0.2, 0.25) is 0 Å². The van der Waals surface area contributed by atoms with Gasteiger partial charge in [-0.1, -0.05) is 42.5 Å². The van der Waals surface area contributed by atoms with Crippen LogP contribution in [0.5, 0.6) is 0 Å². The molecule has 0 aliphatic carbocycles. The molecule has 0 saturated carbocycles. The van der Waals surface area contributed by atoms with Crippen LogP contribution >= 0.6 is 0 Å². The summed E-state index contributed by atoms with van der Waals surface area (Å²) in [6.45, 7) is 0. The van der Waals surface area contributed by atoms with Gasteiger partial charge in [0.1, 0.15) is 0 Å². The average Bonchev–Trinajstić information content (AvgIpc) is 2.78. The lowest BCUT2D eigenvalue weighted by atomic mass is 10.0. The van der Waals surface area contributed by atoms with E-state index in [2.05, 4.69) is 0 Å². The molecule has 0 bridgehead atoms. The number of benzene rings is 2. The number of carboxylic acid groups (broad SMARTS) is 1. The van der Waals surface area contributed by atoms with Crippen LogP contribution in [0.25, 0.3) is 0 Å². The highest BCUT2D eigenvalue weighted by Crippen LogP contribution is 2.25. The number of fused-ring (bicyclic) bond motifs is 1. The van der Waals surface area contributed by atoms with E-state index >= 15 is 0 Å². The Bertz CT molecular complexity index is 719. The highest BCUT2D eigenvalue weighted by Gasteiger charge is 2.40. The molecule has 1 heterocycles. The second kappa shape index (κ2) is 5.44. The zero-order valence-electron chi connectivity index (χ0n) is 11.6. The van der Waals surface area contributed by atoms with E-state index in [4.69, 9.17) is 0 Å². The van der Waals surface area contributed by atoms with Gasteiger partial charge in [0.05, 0.1) is 23.1 Å². The van der Waals surface area contributed by atoms with Gasteiger partial charge in [-0.05, 0) is 24.1 Å². The zero-order chi connectivity index (χ0) is 15.7. The molecule has 2 aromatic carbocycles. The maximum Gasteiger partial charge on any atom is 0.262 e. The number of hydrogen-bond donors (Lipinski definition) is 0. The van der Waals surface area contributed by atoms with Crippen molar-refractivity contribution < 1.29 is 19.5 Å². The maximum absolute atomic E-state index is 12.4. The van der Waals surface area contributed by atoms with Crippen molar-refractivity contribution in [3.05, 3.63) is 71.3 Å². The van der Waals surface area contributed by atoms with E-state index in [9.17, 15) is 19.5 Å². The van der Waals surface area contributed by atoms with E-state index < -0.39 is 23.8 Å². The summed E-state index contributed by atoms with van der Waals surface area (Å²) in [4.78, 5) is 37.0. The minimum Gasteiger partial charge on any atom is -0.548 e. The summed E-state index contributed by atoms with van der Waals surface area (Å²) in [5.74, 6) is -2.63. The van der Waals surface area contributed by atoms with E-state index in [1.807, 2.05) is 0 Å². The quantitative estimate of drug-likeness (QED) is 0.775. The predicted molar refractivity (Wildman–Crippen MR) is 75.9 cm³/mol. The topological polar surface area (TPSA) is 77.5 Å². The maximum atomic E-state index is 12.4. The Morgan fingerprint density at radius 1 is 0.909 bits per heavy atom. The first-order valence-corrected chi connectivity index (χ1v) is 6.81. The smallest absolute Gasteiger partial charge is 0.262 e. The van der Waals surface area contributed by atoms with E-state index in [0.29, 0.717) is 5.56 Å². The van der Waals surface area contributed by atoms with Crippen LogP contribution in [-0.4, -0.2) is 28.7 Å². The summed E-state index contributed by atoms with van der Waals surface area (Å²) in [6.07, 6.45) is 0.0225. The van der Waals surface area contributed by atoms with Crippen LogP contribution in [0.15, 0.2) is 54.6 Å². The standard InChI is InChI=1S/C17H13NO4/c19-15-12-8-4-5-9-13(12)16(20)18(15)14(17(21)22)10-11-6-2-1-3-7-11/h1-9,14H,10H2,(H,21,22)/p-1/t14-/m0/s1. The normalized spacial score (nSPS) is 14.8. The molecule has 3 rings (SSSR count). The van der Waals surface area contributed by atoms with Crippen molar-refractivity contribution in [2.24, 2.45) is 0 Å². The molecule has 1 aliphatic rings. The van der Waals surface area contributed by atoms with Gasteiger partial charge in [0.25, 0.3) is 11.8 Å². The lowest BCUT2D eigenvalue weighted by Gasteiger charge is -2.27. The van der Waals surface area contributed by atoms with Crippen LogP contribution in [-0.2, 0) is 11.2 Å². The third-order valence-electron chi connectivity index (χ3n) is 3.68. The number of nitrogens with zero attached hydrogens (tertiary/aromatic N) is 1. The molecule has 110 valence electrons. The summed E-state index contributed by atoms with van der Waals surface area (Å²) in [5, 5.41) is 11.5. The molecule has 1 aliphatic heterocycles. The van der Waals surface area contributed by atoms with Crippen molar-refractivity contribution >= 4 is 17.8 Å². The fourth-order valence-corrected chi connectivity index (χ4v) is 2.61. The fourth-order valence-electron chi connectivity index (χ4n) is 2.61. The van der Waals surface area contributed by atoms with Crippen molar-refractivity contribution in [2.45, 2.75) is 12.5 Å². The summed E-state index contributed by atoms with van der Waals surface area (Å²) in [6, 6.07) is 13.8. The van der Waals surface area contributed by atoms with Crippen molar-refractivity contribution in [1.82, 2.24) is 4.90 Å². The lowest BCUT2D eigenvalue weighted by Crippen LogP contribution is -2.51. The Balaban J connectivity index is 1.95. The van der Waals surface area contributed by atoms with E-state index in [1.165, 1.54) is 12.1 Å². The first-order chi connectivity index (χ1) is 10.6. The SMILES string of the molecule is O=C([O-])[C@H](Cc1ccccc1)N1C(=O)c2ccccc2C1=O. The molecule has 0 aromatic heterocycles. The summed E-state index contributed by atoms with van der Waals surface area (Å²) >= 11 is 0. The van der Waals surface area contributed by atoms with Crippen molar-refractivity contribution in [3.8, 4) is 0 Å².